The third kappa shape index (κ3) is 1.60. The molecule has 0 aliphatic carbocycles. The highest BCUT2D eigenvalue weighted by Gasteiger charge is 2.13. The van der Waals surface area contributed by atoms with Crippen LogP contribution >= 0.6 is 0 Å². The second-order valence-corrected chi connectivity index (χ2v) is 2.79. The molecule has 0 N–H and O–H groups in total. The smallest absolute Gasteiger partial charge is 0.179 e. The van der Waals surface area contributed by atoms with Crippen LogP contribution in [0.15, 0.2) is 0 Å². The summed E-state index contributed by atoms with van der Waals surface area (Å²) in [4.78, 5) is 1.84. The summed E-state index contributed by atoms with van der Waals surface area (Å²) in [6, 6.07) is 0. The zero-order chi connectivity index (χ0) is 6.69. The summed E-state index contributed by atoms with van der Waals surface area (Å²) in [5.41, 5.74) is 0. The van der Waals surface area contributed by atoms with Crippen LogP contribution in [0.25, 0.3) is 0 Å². The summed E-state index contributed by atoms with van der Waals surface area (Å²) in [5.74, 6) is 0.721. The summed E-state index contributed by atoms with van der Waals surface area (Å²) in [6.07, 6.45) is 4.65. The Kier molecular flexibility index (Phi) is 1.94. The molecule has 0 aromatic carbocycles. The van der Waals surface area contributed by atoms with Crippen molar-refractivity contribution in [2.75, 3.05) is 13.1 Å². The summed E-state index contributed by atoms with van der Waals surface area (Å²) in [5, 5.41) is 8.48. The van der Waals surface area contributed by atoms with Crippen LogP contribution in [-0.2, 0) is 0 Å². The fraction of sp³-hybridized carbons (Fsp3) is 0.857. The van der Waals surface area contributed by atoms with Gasteiger partial charge in [-0.3, -0.25) is 0 Å². The minimum absolute atomic E-state index is 0.721. The monoisotopic (exact) mass is 124 g/mol. The number of hydrogen-bond acceptors (Lipinski definition) is 2. The van der Waals surface area contributed by atoms with E-state index in [1.54, 1.807) is 0 Å². The Hall–Kier alpha value is -0.710. The first-order chi connectivity index (χ1) is 4.33. The van der Waals surface area contributed by atoms with Crippen molar-refractivity contribution in [3.05, 3.63) is 0 Å². The van der Waals surface area contributed by atoms with Gasteiger partial charge in [-0.25, -0.2) is 0 Å². The van der Waals surface area contributed by atoms with Crippen molar-refractivity contribution in [2.24, 2.45) is 5.92 Å². The van der Waals surface area contributed by atoms with Gasteiger partial charge in [-0.2, -0.15) is 5.26 Å². The minimum atomic E-state index is 0.721. The van der Waals surface area contributed by atoms with Crippen molar-refractivity contribution in [1.29, 1.82) is 5.26 Å². The van der Waals surface area contributed by atoms with Gasteiger partial charge in [0.2, 0.25) is 0 Å². The summed E-state index contributed by atoms with van der Waals surface area (Å²) < 4.78 is 0. The molecule has 0 aromatic rings. The Morgan fingerprint density at radius 1 is 1.67 bits per heavy atom. The van der Waals surface area contributed by atoms with Crippen LogP contribution in [0.3, 0.4) is 0 Å². The molecular formula is C7H12N2. The quantitative estimate of drug-likeness (QED) is 0.454. The minimum Gasteiger partial charge on any atom is -0.310 e. The lowest BCUT2D eigenvalue weighted by Crippen LogP contribution is -2.29. The normalized spacial score (nSPS) is 27.6. The largest absolute Gasteiger partial charge is 0.310 e. The lowest BCUT2D eigenvalue weighted by molar-refractivity contribution is 0.257. The molecule has 1 atom stereocenters. The molecule has 1 fully saturated rings. The van der Waals surface area contributed by atoms with Crippen LogP contribution in [0, 0.1) is 17.4 Å². The predicted octanol–water partition coefficient (Wildman–Crippen LogP) is 1.20. The Labute approximate surface area is 56.1 Å². The Morgan fingerprint density at radius 2 is 2.44 bits per heavy atom. The van der Waals surface area contributed by atoms with Crippen LogP contribution in [0.1, 0.15) is 19.8 Å². The third-order valence-corrected chi connectivity index (χ3v) is 1.80. The fourth-order valence-corrected chi connectivity index (χ4v) is 1.28. The van der Waals surface area contributed by atoms with Crippen LogP contribution < -0.4 is 0 Å². The first-order valence-corrected chi connectivity index (χ1v) is 3.47. The molecule has 0 unspecified atom stereocenters. The first kappa shape index (κ1) is 6.41. The van der Waals surface area contributed by atoms with Gasteiger partial charge in [-0.05, 0) is 18.8 Å². The van der Waals surface area contributed by atoms with Gasteiger partial charge in [-0.1, -0.05) is 6.92 Å². The maximum absolute atomic E-state index is 8.48. The lowest BCUT2D eigenvalue weighted by atomic mass is 10.0. The van der Waals surface area contributed by atoms with Gasteiger partial charge in [0.1, 0.15) is 0 Å². The van der Waals surface area contributed by atoms with Crippen LogP contribution in [0.2, 0.25) is 0 Å². The summed E-state index contributed by atoms with van der Waals surface area (Å²) in [7, 11) is 0. The fourth-order valence-electron chi connectivity index (χ4n) is 1.28. The molecular weight excluding hydrogens is 112 g/mol. The predicted molar refractivity (Wildman–Crippen MR) is 35.6 cm³/mol. The van der Waals surface area contributed by atoms with Gasteiger partial charge in [0.25, 0.3) is 0 Å². The number of nitriles is 1. The van der Waals surface area contributed by atoms with Crippen LogP contribution in [0.4, 0.5) is 0 Å². The molecule has 0 bridgehead atoms. The lowest BCUT2D eigenvalue weighted by Gasteiger charge is -2.25. The van der Waals surface area contributed by atoms with E-state index in [0.717, 1.165) is 19.0 Å². The van der Waals surface area contributed by atoms with E-state index in [-0.39, 0.29) is 0 Å². The third-order valence-electron chi connectivity index (χ3n) is 1.80. The van der Waals surface area contributed by atoms with Crippen molar-refractivity contribution in [3.8, 4) is 6.19 Å². The Balaban J connectivity index is 2.34. The van der Waals surface area contributed by atoms with E-state index in [2.05, 4.69) is 13.1 Å². The van der Waals surface area contributed by atoms with Crippen molar-refractivity contribution >= 4 is 0 Å². The van der Waals surface area contributed by atoms with Gasteiger partial charge >= 0.3 is 0 Å². The average Bonchev–Trinajstić information content (AvgIpc) is 1.88. The van der Waals surface area contributed by atoms with Crippen LogP contribution in [-0.4, -0.2) is 18.0 Å². The Bertz CT molecular complexity index is 125. The average molecular weight is 124 g/mol. The molecule has 0 amide bonds. The molecule has 1 aliphatic heterocycles. The van der Waals surface area contributed by atoms with Crippen molar-refractivity contribution in [3.63, 3.8) is 0 Å². The maximum atomic E-state index is 8.48. The number of piperidine rings is 1. The Morgan fingerprint density at radius 3 is 2.89 bits per heavy atom. The van der Waals surface area contributed by atoms with Gasteiger partial charge in [0.15, 0.2) is 6.19 Å². The first-order valence-electron chi connectivity index (χ1n) is 3.47. The highest BCUT2D eigenvalue weighted by Crippen LogP contribution is 2.13. The van der Waals surface area contributed by atoms with Crippen LogP contribution in [0.5, 0.6) is 0 Å². The van der Waals surface area contributed by atoms with E-state index in [1.807, 2.05) is 4.90 Å². The second-order valence-electron chi connectivity index (χ2n) is 2.79. The maximum Gasteiger partial charge on any atom is 0.179 e. The molecule has 2 heteroatoms. The highest BCUT2D eigenvalue weighted by atomic mass is 15.1. The van der Waals surface area contributed by atoms with Gasteiger partial charge in [0.05, 0.1) is 0 Å². The van der Waals surface area contributed by atoms with E-state index < -0.39 is 0 Å². The molecule has 1 heterocycles. The van der Waals surface area contributed by atoms with Crippen molar-refractivity contribution < 1.29 is 0 Å². The standard InChI is InChI=1S/C7H12N2/c1-7-3-2-4-9(5-7)6-8/h7H,2-5H2,1H3/t7-/m0/s1. The molecule has 0 radical (unpaired) electrons. The zero-order valence-corrected chi connectivity index (χ0v) is 5.80. The number of hydrogen-bond donors (Lipinski definition) is 0. The summed E-state index contributed by atoms with van der Waals surface area (Å²) in [6.45, 7) is 4.14. The highest BCUT2D eigenvalue weighted by molar-refractivity contribution is 4.79. The molecule has 1 saturated heterocycles. The van der Waals surface area contributed by atoms with Gasteiger partial charge in [-0.15, -0.1) is 0 Å². The molecule has 9 heavy (non-hydrogen) atoms. The number of likely N-dealkylation sites (tertiary alicyclic amines) is 1. The van der Waals surface area contributed by atoms with E-state index in [4.69, 9.17) is 5.26 Å². The second kappa shape index (κ2) is 2.72. The molecule has 50 valence electrons. The van der Waals surface area contributed by atoms with Crippen molar-refractivity contribution in [1.82, 2.24) is 4.90 Å². The van der Waals surface area contributed by atoms with E-state index >= 15 is 0 Å². The molecule has 0 saturated carbocycles. The summed E-state index contributed by atoms with van der Waals surface area (Å²) >= 11 is 0. The molecule has 0 aromatic heterocycles. The van der Waals surface area contributed by atoms with E-state index in [9.17, 15) is 0 Å². The number of rotatable bonds is 0. The van der Waals surface area contributed by atoms with Gasteiger partial charge in [0, 0.05) is 13.1 Å². The SMILES string of the molecule is C[C@H]1CCCN(C#N)C1. The van der Waals surface area contributed by atoms with Crippen molar-refractivity contribution in [2.45, 2.75) is 19.8 Å². The van der Waals surface area contributed by atoms with Gasteiger partial charge < -0.3 is 4.90 Å². The molecule has 0 spiro atoms. The molecule has 1 aliphatic rings. The van der Waals surface area contributed by atoms with E-state index in [1.165, 1.54) is 12.8 Å². The topological polar surface area (TPSA) is 27.0 Å². The molecule has 1 rings (SSSR count). The number of nitrogens with zero attached hydrogens (tertiary/aromatic N) is 2. The molecule has 2 nitrogen and oxygen atoms in total. The zero-order valence-electron chi connectivity index (χ0n) is 5.80. The van der Waals surface area contributed by atoms with E-state index in [0.29, 0.717) is 0 Å².